The summed E-state index contributed by atoms with van der Waals surface area (Å²) in [6.07, 6.45) is 0. The molecule has 5 nitrogen and oxygen atoms in total. The van der Waals surface area contributed by atoms with Gasteiger partial charge in [0.1, 0.15) is 11.9 Å². The van der Waals surface area contributed by atoms with Crippen molar-refractivity contribution in [2.45, 2.75) is 26.8 Å². The summed E-state index contributed by atoms with van der Waals surface area (Å²) in [5.74, 6) is -1.07. The molecule has 6 heteroatoms. The third-order valence-corrected chi connectivity index (χ3v) is 5.35. The van der Waals surface area contributed by atoms with Crippen molar-refractivity contribution < 1.29 is 9.18 Å². The van der Waals surface area contributed by atoms with Crippen LogP contribution in [0.1, 0.15) is 24.1 Å². The molecule has 156 valence electrons. The third-order valence-electron chi connectivity index (χ3n) is 5.35. The molecule has 1 atom stereocenters. The summed E-state index contributed by atoms with van der Waals surface area (Å²) in [4.78, 5) is 26.0. The fourth-order valence-electron chi connectivity index (χ4n) is 3.57. The molecule has 0 spiro atoms. The Morgan fingerprint density at radius 1 is 1.00 bits per heavy atom. The molecular formula is C25H22FN3O2. The highest BCUT2D eigenvalue weighted by Gasteiger charge is 2.22. The van der Waals surface area contributed by atoms with Gasteiger partial charge in [-0.15, -0.1) is 0 Å². The predicted molar refractivity (Wildman–Crippen MR) is 121 cm³/mol. The number of nitrogens with zero attached hydrogens (tertiary/aromatic N) is 2. The van der Waals surface area contributed by atoms with Crippen LogP contribution in [0.2, 0.25) is 0 Å². The summed E-state index contributed by atoms with van der Waals surface area (Å²) in [5.41, 5.74) is 3.28. The summed E-state index contributed by atoms with van der Waals surface area (Å²) in [5, 5.41) is 8.35. The Morgan fingerprint density at radius 2 is 1.68 bits per heavy atom. The van der Waals surface area contributed by atoms with Crippen molar-refractivity contribution in [1.82, 2.24) is 9.78 Å². The fraction of sp³-hybridized carbons (Fsp3) is 0.160. The van der Waals surface area contributed by atoms with Gasteiger partial charge in [0, 0.05) is 10.9 Å². The molecule has 0 aliphatic rings. The molecule has 1 N–H and O–H groups in total. The highest BCUT2D eigenvalue weighted by Crippen LogP contribution is 2.29. The number of benzene rings is 3. The largest absolute Gasteiger partial charge is 0.322 e. The number of carbonyl (C=O) groups excluding carboxylic acids is 1. The standard InChI is InChI=1S/C25H22FN3O2/c1-15-12-13-16(2)20(14-15)23-18-8-4-5-9-19(18)25(31)29(28-23)17(3)24(30)27-22-11-7-6-10-21(22)26/h4-14,17H,1-3H3,(H,27,30)/t17-/m1/s1. The van der Waals surface area contributed by atoms with E-state index in [0.29, 0.717) is 11.1 Å². The van der Waals surface area contributed by atoms with Gasteiger partial charge in [-0.3, -0.25) is 9.59 Å². The zero-order valence-corrected chi connectivity index (χ0v) is 17.5. The third kappa shape index (κ3) is 3.84. The second-order valence-corrected chi connectivity index (χ2v) is 7.61. The maximum atomic E-state index is 14.0. The number of aryl methyl sites for hydroxylation is 2. The maximum absolute atomic E-state index is 14.0. The Balaban J connectivity index is 1.86. The van der Waals surface area contributed by atoms with Crippen LogP contribution in [0, 0.1) is 19.7 Å². The van der Waals surface area contributed by atoms with Crippen LogP contribution < -0.4 is 10.9 Å². The van der Waals surface area contributed by atoms with Crippen LogP contribution in [-0.2, 0) is 4.79 Å². The first-order valence-electron chi connectivity index (χ1n) is 10.0. The van der Waals surface area contributed by atoms with E-state index in [1.807, 2.05) is 44.2 Å². The molecule has 0 radical (unpaired) electrons. The van der Waals surface area contributed by atoms with Crippen LogP contribution in [0.15, 0.2) is 71.5 Å². The van der Waals surface area contributed by atoms with Crippen LogP contribution >= 0.6 is 0 Å². The number of fused-ring (bicyclic) bond motifs is 1. The Labute approximate surface area is 179 Å². The molecule has 4 rings (SSSR count). The first kappa shape index (κ1) is 20.5. The second-order valence-electron chi connectivity index (χ2n) is 7.61. The number of aromatic nitrogens is 2. The summed E-state index contributed by atoms with van der Waals surface area (Å²) >= 11 is 0. The molecule has 1 amide bonds. The highest BCUT2D eigenvalue weighted by molar-refractivity contribution is 5.96. The lowest BCUT2D eigenvalue weighted by atomic mass is 9.99. The van der Waals surface area contributed by atoms with Crippen LogP contribution in [0.5, 0.6) is 0 Å². The molecule has 0 unspecified atom stereocenters. The fourth-order valence-corrected chi connectivity index (χ4v) is 3.57. The lowest BCUT2D eigenvalue weighted by Crippen LogP contribution is -2.34. The number of hydrogen-bond acceptors (Lipinski definition) is 3. The lowest BCUT2D eigenvalue weighted by Gasteiger charge is -2.18. The number of para-hydroxylation sites is 1. The van der Waals surface area contributed by atoms with Crippen molar-refractivity contribution in [1.29, 1.82) is 0 Å². The quantitative estimate of drug-likeness (QED) is 0.509. The van der Waals surface area contributed by atoms with E-state index in [-0.39, 0.29) is 11.2 Å². The van der Waals surface area contributed by atoms with Crippen LogP contribution in [0.4, 0.5) is 10.1 Å². The number of halogens is 1. The lowest BCUT2D eigenvalue weighted by molar-refractivity contribution is -0.119. The minimum Gasteiger partial charge on any atom is -0.322 e. The van der Waals surface area contributed by atoms with Crippen LogP contribution in [0.3, 0.4) is 0 Å². The summed E-state index contributed by atoms with van der Waals surface area (Å²) in [6.45, 7) is 5.55. The second kappa shape index (κ2) is 8.14. The molecule has 0 bridgehead atoms. The number of rotatable bonds is 4. The van der Waals surface area contributed by atoms with E-state index in [1.165, 1.54) is 16.8 Å². The smallest absolute Gasteiger partial charge is 0.275 e. The minimum atomic E-state index is -0.944. The summed E-state index contributed by atoms with van der Waals surface area (Å²) < 4.78 is 15.1. The Morgan fingerprint density at radius 3 is 2.42 bits per heavy atom. The van der Waals surface area contributed by atoms with Gasteiger partial charge < -0.3 is 5.32 Å². The first-order valence-corrected chi connectivity index (χ1v) is 10.0. The molecule has 1 heterocycles. The SMILES string of the molecule is Cc1ccc(C)c(-c2nn([C@H](C)C(=O)Nc3ccccc3F)c(=O)c3ccccc23)c1. The van der Waals surface area contributed by atoms with Crippen LogP contribution in [0.25, 0.3) is 22.0 Å². The molecule has 0 aliphatic heterocycles. The van der Waals surface area contributed by atoms with Gasteiger partial charge in [0.2, 0.25) is 5.91 Å². The van der Waals surface area contributed by atoms with E-state index >= 15 is 0 Å². The van der Waals surface area contributed by atoms with E-state index in [9.17, 15) is 14.0 Å². The zero-order valence-electron chi connectivity index (χ0n) is 17.5. The van der Waals surface area contributed by atoms with Crippen molar-refractivity contribution >= 4 is 22.4 Å². The van der Waals surface area contributed by atoms with E-state index in [1.54, 1.807) is 31.2 Å². The van der Waals surface area contributed by atoms with Gasteiger partial charge in [0.25, 0.3) is 5.56 Å². The van der Waals surface area contributed by atoms with E-state index in [2.05, 4.69) is 10.4 Å². The molecule has 4 aromatic rings. The molecule has 31 heavy (non-hydrogen) atoms. The number of nitrogens with one attached hydrogen (secondary N) is 1. The number of carbonyl (C=O) groups is 1. The Kier molecular flexibility index (Phi) is 5.38. The number of anilines is 1. The van der Waals surface area contributed by atoms with Crippen molar-refractivity contribution in [2.75, 3.05) is 5.32 Å². The summed E-state index contributed by atoms with van der Waals surface area (Å²) in [7, 11) is 0. The monoisotopic (exact) mass is 415 g/mol. The van der Waals surface area contributed by atoms with Gasteiger partial charge in [0.15, 0.2) is 0 Å². The summed E-state index contributed by atoms with van der Waals surface area (Å²) in [6, 6.07) is 18.2. The van der Waals surface area contributed by atoms with Crippen molar-refractivity contribution in [2.24, 2.45) is 0 Å². The Bertz CT molecular complexity index is 1360. The average molecular weight is 415 g/mol. The zero-order chi connectivity index (χ0) is 22.1. The molecular weight excluding hydrogens is 393 g/mol. The van der Waals surface area contributed by atoms with Crippen molar-refractivity contribution in [3.05, 3.63) is 94.0 Å². The van der Waals surface area contributed by atoms with Gasteiger partial charge in [-0.2, -0.15) is 5.10 Å². The number of amides is 1. The van der Waals surface area contributed by atoms with Crippen molar-refractivity contribution in [3.63, 3.8) is 0 Å². The molecule has 0 saturated carbocycles. The molecule has 1 aromatic heterocycles. The predicted octanol–water partition coefficient (Wildman–Crippen LogP) is 5.02. The number of hydrogen-bond donors (Lipinski definition) is 1. The van der Waals surface area contributed by atoms with Crippen LogP contribution in [-0.4, -0.2) is 15.7 Å². The van der Waals surface area contributed by atoms with Gasteiger partial charge in [-0.05, 0) is 50.6 Å². The molecule has 0 fully saturated rings. The van der Waals surface area contributed by atoms with E-state index in [4.69, 9.17) is 0 Å². The van der Waals surface area contributed by atoms with E-state index < -0.39 is 17.8 Å². The maximum Gasteiger partial charge on any atom is 0.275 e. The average Bonchev–Trinajstić information content (AvgIpc) is 2.77. The van der Waals surface area contributed by atoms with Gasteiger partial charge >= 0.3 is 0 Å². The van der Waals surface area contributed by atoms with Crippen molar-refractivity contribution in [3.8, 4) is 11.3 Å². The topological polar surface area (TPSA) is 64.0 Å². The molecule has 3 aromatic carbocycles. The van der Waals surface area contributed by atoms with E-state index in [0.717, 1.165) is 22.1 Å². The first-order chi connectivity index (χ1) is 14.9. The van der Waals surface area contributed by atoms with Gasteiger partial charge in [0.05, 0.1) is 16.8 Å². The minimum absolute atomic E-state index is 0.0583. The highest BCUT2D eigenvalue weighted by atomic mass is 19.1. The molecule has 0 aliphatic carbocycles. The molecule has 0 saturated heterocycles. The Hall–Kier alpha value is -3.80. The normalized spacial score (nSPS) is 12.0. The van der Waals surface area contributed by atoms with Gasteiger partial charge in [-0.25, -0.2) is 9.07 Å². The van der Waals surface area contributed by atoms with Gasteiger partial charge in [-0.1, -0.05) is 48.0 Å².